The van der Waals surface area contributed by atoms with E-state index in [0.717, 1.165) is 5.56 Å². The minimum atomic E-state index is -0.585. The van der Waals surface area contributed by atoms with E-state index >= 15 is 0 Å². The average molecular weight is 299 g/mol. The lowest BCUT2D eigenvalue weighted by molar-refractivity contribution is 0.0596. The van der Waals surface area contributed by atoms with Crippen molar-refractivity contribution in [1.29, 1.82) is 0 Å². The number of amides is 1. The smallest absolute Gasteiger partial charge is 0.257 e. The van der Waals surface area contributed by atoms with Gasteiger partial charge >= 0.3 is 0 Å². The van der Waals surface area contributed by atoms with Gasteiger partial charge in [0.1, 0.15) is 5.75 Å². The Morgan fingerprint density at radius 3 is 2.36 bits per heavy atom. The monoisotopic (exact) mass is 299 g/mol. The second-order valence-corrected chi connectivity index (χ2v) is 5.25. The first-order valence-electron chi connectivity index (χ1n) is 7.41. The van der Waals surface area contributed by atoms with Gasteiger partial charge in [0.05, 0.1) is 11.7 Å². The number of hydrogen-bond acceptors (Lipinski definition) is 3. The summed E-state index contributed by atoms with van der Waals surface area (Å²) in [6.45, 7) is 2.50. The minimum absolute atomic E-state index is 0.0449. The standard InChI is InChI=1S/C18H21NO3/c1-2-15(20)13-19(12-14-8-4-3-5-9-14)18(22)16-10-6-7-11-17(16)21/h3-11,15,20-21H,2,12-13H2,1H3. The lowest BCUT2D eigenvalue weighted by Crippen LogP contribution is -2.37. The van der Waals surface area contributed by atoms with Crippen LogP contribution in [0, 0.1) is 0 Å². The molecule has 22 heavy (non-hydrogen) atoms. The molecule has 0 saturated carbocycles. The summed E-state index contributed by atoms with van der Waals surface area (Å²) in [4.78, 5) is 14.2. The summed E-state index contributed by atoms with van der Waals surface area (Å²) in [7, 11) is 0. The summed E-state index contributed by atoms with van der Waals surface area (Å²) < 4.78 is 0. The number of aliphatic hydroxyl groups excluding tert-OH is 1. The molecule has 0 aliphatic rings. The molecule has 0 heterocycles. The first-order chi connectivity index (χ1) is 10.6. The van der Waals surface area contributed by atoms with E-state index in [4.69, 9.17) is 0 Å². The summed E-state index contributed by atoms with van der Waals surface area (Å²) in [5, 5.41) is 19.8. The number of carbonyl (C=O) groups is 1. The first kappa shape index (κ1) is 16.0. The maximum Gasteiger partial charge on any atom is 0.257 e. The van der Waals surface area contributed by atoms with Crippen LogP contribution in [0.2, 0.25) is 0 Å². The highest BCUT2D eigenvalue weighted by Crippen LogP contribution is 2.19. The number of nitrogens with zero attached hydrogens (tertiary/aromatic N) is 1. The predicted octanol–water partition coefficient (Wildman–Crippen LogP) is 2.81. The van der Waals surface area contributed by atoms with Crippen LogP contribution in [0.4, 0.5) is 0 Å². The zero-order valence-corrected chi connectivity index (χ0v) is 12.6. The van der Waals surface area contributed by atoms with Crippen molar-refractivity contribution in [2.45, 2.75) is 26.0 Å². The van der Waals surface area contributed by atoms with Gasteiger partial charge in [0, 0.05) is 13.1 Å². The van der Waals surface area contributed by atoms with Crippen LogP contribution in [0.1, 0.15) is 29.3 Å². The van der Waals surface area contributed by atoms with Crippen molar-refractivity contribution in [3.8, 4) is 5.75 Å². The third-order valence-electron chi connectivity index (χ3n) is 3.54. The Balaban J connectivity index is 2.23. The van der Waals surface area contributed by atoms with Crippen molar-refractivity contribution < 1.29 is 15.0 Å². The zero-order valence-electron chi connectivity index (χ0n) is 12.6. The second kappa shape index (κ2) is 7.61. The van der Waals surface area contributed by atoms with Crippen LogP contribution in [0.3, 0.4) is 0 Å². The van der Waals surface area contributed by atoms with E-state index in [1.807, 2.05) is 37.3 Å². The molecule has 116 valence electrons. The molecule has 4 heteroatoms. The van der Waals surface area contributed by atoms with Crippen LogP contribution >= 0.6 is 0 Å². The first-order valence-corrected chi connectivity index (χ1v) is 7.41. The Kier molecular flexibility index (Phi) is 5.55. The van der Waals surface area contributed by atoms with Crippen molar-refractivity contribution in [3.63, 3.8) is 0 Å². The number of aliphatic hydroxyl groups is 1. The number of phenols is 1. The van der Waals surface area contributed by atoms with Crippen LogP contribution in [0.15, 0.2) is 54.6 Å². The predicted molar refractivity (Wildman–Crippen MR) is 85.6 cm³/mol. The van der Waals surface area contributed by atoms with Gasteiger partial charge in [-0.1, -0.05) is 49.4 Å². The molecule has 0 aromatic heterocycles. The molecule has 1 atom stereocenters. The third-order valence-corrected chi connectivity index (χ3v) is 3.54. The van der Waals surface area contributed by atoms with Gasteiger partial charge in [0.15, 0.2) is 0 Å². The highest BCUT2D eigenvalue weighted by molar-refractivity contribution is 5.96. The number of aromatic hydroxyl groups is 1. The number of rotatable bonds is 6. The van der Waals surface area contributed by atoms with Gasteiger partial charge in [0.2, 0.25) is 0 Å². The lowest BCUT2D eigenvalue weighted by atomic mass is 10.1. The summed E-state index contributed by atoms with van der Waals surface area (Å²) in [6, 6.07) is 16.1. The van der Waals surface area contributed by atoms with Crippen LogP contribution in [-0.2, 0) is 6.54 Å². The van der Waals surface area contributed by atoms with Gasteiger partial charge in [-0.25, -0.2) is 0 Å². The molecule has 2 aromatic carbocycles. The molecule has 4 nitrogen and oxygen atoms in total. The molecule has 2 aromatic rings. The SMILES string of the molecule is CCC(O)CN(Cc1ccccc1)C(=O)c1ccccc1O. The number of benzene rings is 2. The fourth-order valence-electron chi connectivity index (χ4n) is 2.23. The van der Waals surface area contributed by atoms with Crippen molar-refractivity contribution in [2.24, 2.45) is 0 Å². The molecule has 0 aliphatic heterocycles. The van der Waals surface area contributed by atoms with Crippen LogP contribution < -0.4 is 0 Å². The van der Waals surface area contributed by atoms with Crippen molar-refractivity contribution in [3.05, 3.63) is 65.7 Å². The van der Waals surface area contributed by atoms with Crippen LogP contribution in [0.5, 0.6) is 5.75 Å². The average Bonchev–Trinajstić information content (AvgIpc) is 2.55. The van der Waals surface area contributed by atoms with Gasteiger partial charge in [-0.2, -0.15) is 0 Å². The summed E-state index contributed by atoms with van der Waals surface area (Å²) in [5.41, 5.74) is 1.23. The molecule has 0 aliphatic carbocycles. The molecule has 0 radical (unpaired) electrons. The quantitative estimate of drug-likeness (QED) is 0.862. The van der Waals surface area contributed by atoms with E-state index in [2.05, 4.69) is 0 Å². The Bertz CT molecular complexity index is 613. The molecule has 0 spiro atoms. The minimum Gasteiger partial charge on any atom is -0.507 e. The molecule has 2 rings (SSSR count). The Morgan fingerprint density at radius 2 is 1.73 bits per heavy atom. The third kappa shape index (κ3) is 4.09. The van der Waals surface area contributed by atoms with Gasteiger partial charge in [-0.05, 0) is 24.1 Å². The molecular formula is C18H21NO3. The van der Waals surface area contributed by atoms with E-state index in [1.54, 1.807) is 23.1 Å². The topological polar surface area (TPSA) is 60.8 Å². The molecular weight excluding hydrogens is 278 g/mol. The number of phenolic OH excluding ortho intramolecular Hbond substituents is 1. The summed E-state index contributed by atoms with van der Waals surface area (Å²) in [5.74, 6) is -0.328. The Labute approximate surface area is 130 Å². The molecule has 1 unspecified atom stereocenters. The van der Waals surface area contributed by atoms with Crippen LogP contribution in [0.25, 0.3) is 0 Å². The summed E-state index contributed by atoms with van der Waals surface area (Å²) in [6.07, 6.45) is -0.0159. The normalized spacial score (nSPS) is 11.9. The fourth-order valence-corrected chi connectivity index (χ4v) is 2.23. The molecule has 1 amide bonds. The maximum absolute atomic E-state index is 12.7. The van der Waals surface area contributed by atoms with Crippen molar-refractivity contribution in [2.75, 3.05) is 6.54 Å². The van der Waals surface area contributed by atoms with Crippen molar-refractivity contribution in [1.82, 2.24) is 4.90 Å². The second-order valence-electron chi connectivity index (χ2n) is 5.25. The van der Waals surface area contributed by atoms with E-state index in [-0.39, 0.29) is 23.8 Å². The molecule has 0 saturated heterocycles. The van der Waals surface area contributed by atoms with E-state index < -0.39 is 6.10 Å². The van der Waals surface area contributed by atoms with Crippen molar-refractivity contribution >= 4 is 5.91 Å². The highest BCUT2D eigenvalue weighted by atomic mass is 16.3. The molecule has 0 fully saturated rings. The maximum atomic E-state index is 12.7. The van der Waals surface area contributed by atoms with E-state index in [9.17, 15) is 15.0 Å². The van der Waals surface area contributed by atoms with Gasteiger partial charge in [0.25, 0.3) is 5.91 Å². The van der Waals surface area contributed by atoms with E-state index in [0.29, 0.717) is 13.0 Å². The zero-order chi connectivity index (χ0) is 15.9. The van der Waals surface area contributed by atoms with Gasteiger partial charge in [-0.15, -0.1) is 0 Å². The number of para-hydroxylation sites is 1. The number of carbonyl (C=O) groups excluding carboxylic acids is 1. The fraction of sp³-hybridized carbons (Fsp3) is 0.278. The summed E-state index contributed by atoms with van der Waals surface area (Å²) >= 11 is 0. The number of hydrogen-bond donors (Lipinski definition) is 2. The lowest BCUT2D eigenvalue weighted by Gasteiger charge is -2.25. The Hall–Kier alpha value is -2.33. The molecule has 0 bridgehead atoms. The largest absolute Gasteiger partial charge is 0.507 e. The van der Waals surface area contributed by atoms with Gasteiger partial charge < -0.3 is 15.1 Å². The van der Waals surface area contributed by atoms with E-state index in [1.165, 1.54) is 6.07 Å². The Morgan fingerprint density at radius 1 is 1.09 bits per heavy atom. The van der Waals surface area contributed by atoms with Gasteiger partial charge in [-0.3, -0.25) is 4.79 Å². The van der Waals surface area contributed by atoms with Crippen LogP contribution in [-0.4, -0.2) is 33.7 Å². The highest BCUT2D eigenvalue weighted by Gasteiger charge is 2.21. The molecule has 2 N–H and O–H groups in total.